The summed E-state index contributed by atoms with van der Waals surface area (Å²) in [6.07, 6.45) is 3.41. The second kappa shape index (κ2) is 4.55. The van der Waals surface area contributed by atoms with E-state index in [9.17, 15) is 4.79 Å². The SMILES string of the molecule is CC(N)CN(C)C(=O)c1cnn2ccccc12. The van der Waals surface area contributed by atoms with Crippen molar-refractivity contribution in [1.82, 2.24) is 14.5 Å². The van der Waals surface area contributed by atoms with Gasteiger partial charge in [0.2, 0.25) is 0 Å². The van der Waals surface area contributed by atoms with Gasteiger partial charge in [-0.1, -0.05) is 6.07 Å². The van der Waals surface area contributed by atoms with Gasteiger partial charge in [-0.15, -0.1) is 0 Å². The molecule has 0 saturated carbocycles. The second-order valence-electron chi connectivity index (χ2n) is 4.25. The standard InChI is InChI=1S/C12H16N4O/c1-9(13)8-15(2)12(17)10-7-14-16-6-4-3-5-11(10)16/h3-7,9H,8,13H2,1-2H3. The van der Waals surface area contributed by atoms with Gasteiger partial charge in [-0.25, -0.2) is 4.52 Å². The fourth-order valence-corrected chi connectivity index (χ4v) is 1.82. The van der Waals surface area contributed by atoms with Crippen LogP contribution in [-0.4, -0.2) is 40.1 Å². The van der Waals surface area contributed by atoms with Gasteiger partial charge in [0.15, 0.2) is 0 Å². The lowest BCUT2D eigenvalue weighted by molar-refractivity contribution is 0.0790. The lowest BCUT2D eigenvalue weighted by atomic mass is 10.2. The van der Waals surface area contributed by atoms with Crippen molar-refractivity contribution in [2.24, 2.45) is 5.73 Å². The molecule has 0 fully saturated rings. The van der Waals surface area contributed by atoms with Crippen LogP contribution >= 0.6 is 0 Å². The Hall–Kier alpha value is -1.88. The molecule has 17 heavy (non-hydrogen) atoms. The molecule has 0 saturated heterocycles. The van der Waals surface area contributed by atoms with Crippen LogP contribution in [0, 0.1) is 0 Å². The number of hydrogen-bond donors (Lipinski definition) is 1. The number of nitrogens with zero attached hydrogens (tertiary/aromatic N) is 3. The van der Waals surface area contributed by atoms with Crippen LogP contribution in [-0.2, 0) is 0 Å². The molecule has 0 aromatic carbocycles. The van der Waals surface area contributed by atoms with Gasteiger partial charge in [0.1, 0.15) is 0 Å². The predicted octanol–water partition coefficient (Wildman–Crippen LogP) is 0.754. The van der Waals surface area contributed by atoms with E-state index in [4.69, 9.17) is 5.73 Å². The Labute approximate surface area is 99.8 Å². The molecule has 1 unspecified atom stereocenters. The third-order valence-electron chi connectivity index (χ3n) is 2.57. The fraction of sp³-hybridized carbons (Fsp3) is 0.333. The Morgan fingerprint density at radius 2 is 2.35 bits per heavy atom. The van der Waals surface area contributed by atoms with Crippen LogP contribution in [0.4, 0.5) is 0 Å². The van der Waals surface area contributed by atoms with Gasteiger partial charge in [-0.2, -0.15) is 5.10 Å². The first kappa shape index (κ1) is 11.6. The van der Waals surface area contributed by atoms with Crippen LogP contribution in [0.3, 0.4) is 0 Å². The van der Waals surface area contributed by atoms with Crippen molar-refractivity contribution < 1.29 is 4.79 Å². The number of carbonyl (C=O) groups is 1. The van der Waals surface area contributed by atoms with Crippen LogP contribution in [0.1, 0.15) is 17.3 Å². The maximum absolute atomic E-state index is 12.2. The van der Waals surface area contributed by atoms with Gasteiger partial charge in [-0.3, -0.25) is 4.79 Å². The first-order chi connectivity index (χ1) is 8.09. The van der Waals surface area contributed by atoms with Gasteiger partial charge < -0.3 is 10.6 Å². The first-order valence-corrected chi connectivity index (χ1v) is 5.53. The average Bonchev–Trinajstić information content (AvgIpc) is 2.70. The molecule has 90 valence electrons. The fourth-order valence-electron chi connectivity index (χ4n) is 1.82. The smallest absolute Gasteiger partial charge is 0.257 e. The van der Waals surface area contributed by atoms with E-state index in [-0.39, 0.29) is 11.9 Å². The number of pyridine rings is 1. The number of carbonyl (C=O) groups excluding carboxylic acids is 1. The van der Waals surface area contributed by atoms with E-state index >= 15 is 0 Å². The minimum Gasteiger partial charge on any atom is -0.340 e. The van der Waals surface area contributed by atoms with Gasteiger partial charge in [-0.05, 0) is 19.1 Å². The summed E-state index contributed by atoms with van der Waals surface area (Å²) >= 11 is 0. The number of nitrogens with two attached hydrogens (primary N) is 1. The molecule has 0 aliphatic heterocycles. The van der Waals surface area contributed by atoms with E-state index in [1.165, 1.54) is 0 Å². The number of likely N-dealkylation sites (N-methyl/N-ethyl adjacent to an activating group) is 1. The van der Waals surface area contributed by atoms with Gasteiger partial charge >= 0.3 is 0 Å². The third-order valence-corrected chi connectivity index (χ3v) is 2.57. The van der Waals surface area contributed by atoms with Crippen molar-refractivity contribution in [3.8, 4) is 0 Å². The zero-order valence-electron chi connectivity index (χ0n) is 10.00. The van der Waals surface area contributed by atoms with Gasteiger partial charge in [0.25, 0.3) is 5.91 Å². The molecule has 0 radical (unpaired) electrons. The highest BCUT2D eigenvalue weighted by molar-refractivity contribution is 6.00. The molecule has 2 rings (SSSR count). The van der Waals surface area contributed by atoms with Crippen molar-refractivity contribution in [3.05, 3.63) is 36.2 Å². The van der Waals surface area contributed by atoms with Crippen LogP contribution in [0.15, 0.2) is 30.6 Å². The molecule has 5 heteroatoms. The Balaban J connectivity index is 2.30. The summed E-state index contributed by atoms with van der Waals surface area (Å²) in [6, 6.07) is 5.60. The number of amides is 1. The molecular weight excluding hydrogens is 216 g/mol. The lowest BCUT2D eigenvalue weighted by Gasteiger charge is -2.18. The molecular formula is C12H16N4O. The van der Waals surface area contributed by atoms with Crippen LogP contribution in [0.2, 0.25) is 0 Å². The van der Waals surface area contributed by atoms with Crippen molar-refractivity contribution in [1.29, 1.82) is 0 Å². The summed E-state index contributed by atoms with van der Waals surface area (Å²) in [6.45, 7) is 2.41. The molecule has 2 N–H and O–H groups in total. The monoisotopic (exact) mass is 232 g/mol. The summed E-state index contributed by atoms with van der Waals surface area (Å²) in [5, 5.41) is 4.14. The summed E-state index contributed by atoms with van der Waals surface area (Å²) in [5.74, 6) is -0.0523. The summed E-state index contributed by atoms with van der Waals surface area (Å²) in [7, 11) is 1.75. The van der Waals surface area contributed by atoms with Crippen molar-refractivity contribution in [2.75, 3.05) is 13.6 Å². The maximum atomic E-state index is 12.2. The first-order valence-electron chi connectivity index (χ1n) is 5.53. The van der Waals surface area contributed by atoms with E-state index in [1.807, 2.05) is 31.3 Å². The molecule has 5 nitrogen and oxygen atoms in total. The molecule has 0 aliphatic rings. The third kappa shape index (κ3) is 2.29. The Kier molecular flexibility index (Phi) is 3.10. The van der Waals surface area contributed by atoms with Crippen molar-refractivity contribution in [2.45, 2.75) is 13.0 Å². The number of aromatic nitrogens is 2. The molecule has 2 aromatic heterocycles. The number of hydrogen-bond acceptors (Lipinski definition) is 3. The Morgan fingerprint density at radius 3 is 3.06 bits per heavy atom. The van der Waals surface area contributed by atoms with E-state index in [0.29, 0.717) is 12.1 Å². The quantitative estimate of drug-likeness (QED) is 0.849. The Morgan fingerprint density at radius 1 is 1.59 bits per heavy atom. The molecule has 0 bridgehead atoms. The van der Waals surface area contributed by atoms with Crippen molar-refractivity contribution in [3.63, 3.8) is 0 Å². The average molecular weight is 232 g/mol. The number of fused-ring (bicyclic) bond motifs is 1. The van der Waals surface area contributed by atoms with E-state index < -0.39 is 0 Å². The molecule has 2 aromatic rings. The molecule has 2 heterocycles. The zero-order valence-corrected chi connectivity index (χ0v) is 10.00. The van der Waals surface area contributed by atoms with Gasteiger partial charge in [0.05, 0.1) is 17.3 Å². The number of rotatable bonds is 3. The summed E-state index contributed by atoms with van der Waals surface area (Å²) in [5.41, 5.74) is 7.10. The minimum absolute atomic E-state index is 0.0363. The molecule has 1 amide bonds. The highest BCUT2D eigenvalue weighted by atomic mass is 16.2. The highest BCUT2D eigenvalue weighted by Gasteiger charge is 2.17. The largest absolute Gasteiger partial charge is 0.340 e. The van der Waals surface area contributed by atoms with Gasteiger partial charge in [0, 0.05) is 25.8 Å². The molecule has 0 aliphatic carbocycles. The second-order valence-corrected chi connectivity index (χ2v) is 4.25. The highest BCUT2D eigenvalue weighted by Crippen LogP contribution is 2.12. The van der Waals surface area contributed by atoms with E-state index in [2.05, 4.69) is 5.10 Å². The predicted molar refractivity (Wildman–Crippen MR) is 65.8 cm³/mol. The van der Waals surface area contributed by atoms with Crippen LogP contribution in [0.25, 0.3) is 5.52 Å². The summed E-state index contributed by atoms with van der Waals surface area (Å²) in [4.78, 5) is 13.8. The zero-order chi connectivity index (χ0) is 12.4. The van der Waals surface area contributed by atoms with Crippen molar-refractivity contribution >= 4 is 11.4 Å². The molecule has 1 atom stereocenters. The Bertz CT molecular complexity index is 532. The lowest BCUT2D eigenvalue weighted by Crippen LogP contribution is -2.36. The topological polar surface area (TPSA) is 63.6 Å². The van der Waals surface area contributed by atoms with E-state index in [0.717, 1.165) is 5.52 Å². The van der Waals surface area contributed by atoms with Crippen LogP contribution in [0.5, 0.6) is 0 Å². The summed E-state index contributed by atoms with van der Waals surface area (Å²) < 4.78 is 1.69. The normalized spacial score (nSPS) is 12.6. The minimum atomic E-state index is -0.0523. The van der Waals surface area contributed by atoms with Crippen LogP contribution < -0.4 is 5.73 Å². The molecule has 0 spiro atoms. The maximum Gasteiger partial charge on any atom is 0.257 e. The van der Waals surface area contributed by atoms with E-state index in [1.54, 1.807) is 22.7 Å².